The smallest absolute Gasteiger partial charge is 0.309 e. The van der Waals surface area contributed by atoms with Gasteiger partial charge in [-0.25, -0.2) is 0 Å². The number of carbonyl (C=O) groups is 1. The van der Waals surface area contributed by atoms with Crippen LogP contribution in [0.5, 0.6) is 0 Å². The molecular weight excluding hydrogens is 154 g/mol. The van der Waals surface area contributed by atoms with E-state index in [0.29, 0.717) is 11.8 Å². The Hall–Kier alpha value is -0.570. The Morgan fingerprint density at radius 1 is 1.42 bits per heavy atom. The molecule has 2 aliphatic rings. The minimum absolute atomic E-state index is 0.00370. The summed E-state index contributed by atoms with van der Waals surface area (Å²) in [6.07, 6.45) is 2.44. The topological polar surface area (TPSA) is 38.3 Å². The SMILES string of the molecule is COC(=O)C(C1CC1)C1CNC1. The zero-order chi connectivity index (χ0) is 8.55. The molecule has 3 heteroatoms. The van der Waals surface area contributed by atoms with Crippen molar-refractivity contribution < 1.29 is 9.53 Å². The number of esters is 1. The van der Waals surface area contributed by atoms with Gasteiger partial charge in [-0.3, -0.25) is 4.79 Å². The fourth-order valence-electron chi connectivity index (χ4n) is 1.93. The van der Waals surface area contributed by atoms with E-state index in [2.05, 4.69) is 5.32 Å². The zero-order valence-electron chi connectivity index (χ0n) is 7.38. The third-order valence-electron chi connectivity index (χ3n) is 2.92. The Kier molecular flexibility index (Phi) is 2.05. The third kappa shape index (κ3) is 1.33. The monoisotopic (exact) mass is 169 g/mol. The molecule has 0 aromatic carbocycles. The van der Waals surface area contributed by atoms with E-state index >= 15 is 0 Å². The van der Waals surface area contributed by atoms with Gasteiger partial charge in [0.15, 0.2) is 0 Å². The van der Waals surface area contributed by atoms with Crippen molar-refractivity contribution in [3.05, 3.63) is 0 Å². The highest BCUT2D eigenvalue weighted by Gasteiger charge is 2.43. The Morgan fingerprint density at radius 2 is 2.08 bits per heavy atom. The third-order valence-corrected chi connectivity index (χ3v) is 2.92. The van der Waals surface area contributed by atoms with Crippen LogP contribution in [0.2, 0.25) is 0 Å². The van der Waals surface area contributed by atoms with E-state index in [-0.39, 0.29) is 11.9 Å². The van der Waals surface area contributed by atoms with Gasteiger partial charge in [0.2, 0.25) is 0 Å². The molecule has 1 N–H and O–H groups in total. The van der Waals surface area contributed by atoms with Crippen LogP contribution >= 0.6 is 0 Å². The summed E-state index contributed by atoms with van der Waals surface area (Å²) in [6, 6.07) is 0. The van der Waals surface area contributed by atoms with Crippen molar-refractivity contribution in [1.29, 1.82) is 0 Å². The van der Waals surface area contributed by atoms with Gasteiger partial charge in [-0.2, -0.15) is 0 Å². The molecule has 1 atom stereocenters. The number of methoxy groups -OCH3 is 1. The first-order valence-corrected chi connectivity index (χ1v) is 4.61. The molecule has 1 saturated heterocycles. The molecule has 0 bridgehead atoms. The first-order valence-electron chi connectivity index (χ1n) is 4.61. The summed E-state index contributed by atoms with van der Waals surface area (Å²) in [4.78, 5) is 11.4. The molecule has 2 fully saturated rings. The summed E-state index contributed by atoms with van der Waals surface area (Å²) >= 11 is 0. The van der Waals surface area contributed by atoms with Crippen LogP contribution in [0.15, 0.2) is 0 Å². The highest BCUT2D eigenvalue weighted by molar-refractivity contribution is 5.73. The van der Waals surface area contributed by atoms with E-state index in [1.165, 1.54) is 20.0 Å². The Bertz CT molecular complexity index is 185. The van der Waals surface area contributed by atoms with Gasteiger partial charge in [-0.1, -0.05) is 0 Å². The predicted molar refractivity (Wildman–Crippen MR) is 44.6 cm³/mol. The van der Waals surface area contributed by atoms with Crippen LogP contribution in [0.4, 0.5) is 0 Å². The molecule has 12 heavy (non-hydrogen) atoms. The second-order valence-electron chi connectivity index (χ2n) is 3.80. The number of ether oxygens (including phenoxy) is 1. The van der Waals surface area contributed by atoms with E-state index in [4.69, 9.17) is 4.74 Å². The van der Waals surface area contributed by atoms with Crippen molar-refractivity contribution >= 4 is 5.97 Å². The summed E-state index contributed by atoms with van der Waals surface area (Å²) in [5, 5.41) is 3.20. The molecule has 1 unspecified atom stereocenters. The van der Waals surface area contributed by atoms with Crippen LogP contribution in [0.1, 0.15) is 12.8 Å². The van der Waals surface area contributed by atoms with Gasteiger partial charge < -0.3 is 10.1 Å². The van der Waals surface area contributed by atoms with E-state index < -0.39 is 0 Å². The molecule has 0 aromatic rings. The molecular formula is C9H15NO2. The van der Waals surface area contributed by atoms with Crippen LogP contribution in [0, 0.1) is 17.8 Å². The average Bonchev–Trinajstić information content (AvgIpc) is 2.77. The molecule has 0 amide bonds. The lowest BCUT2D eigenvalue weighted by Gasteiger charge is -2.33. The predicted octanol–water partition coefficient (Wildman–Crippen LogP) is 0.405. The van der Waals surface area contributed by atoms with Crippen molar-refractivity contribution in [3.63, 3.8) is 0 Å². The van der Waals surface area contributed by atoms with Gasteiger partial charge in [0.1, 0.15) is 0 Å². The van der Waals surface area contributed by atoms with Crippen LogP contribution in [0.25, 0.3) is 0 Å². The summed E-state index contributed by atoms with van der Waals surface area (Å²) in [5.41, 5.74) is 0. The number of carbonyl (C=O) groups excluding carboxylic acids is 1. The van der Waals surface area contributed by atoms with Crippen molar-refractivity contribution in [1.82, 2.24) is 5.32 Å². The number of rotatable bonds is 3. The first kappa shape index (κ1) is 8.05. The maximum Gasteiger partial charge on any atom is 0.309 e. The summed E-state index contributed by atoms with van der Waals surface area (Å²) in [6.45, 7) is 1.99. The van der Waals surface area contributed by atoms with Crippen molar-refractivity contribution in [2.24, 2.45) is 17.8 Å². The van der Waals surface area contributed by atoms with E-state index in [9.17, 15) is 4.79 Å². The normalized spacial score (nSPS) is 26.1. The zero-order valence-corrected chi connectivity index (χ0v) is 7.38. The van der Waals surface area contributed by atoms with E-state index in [1.807, 2.05) is 0 Å². The van der Waals surface area contributed by atoms with Gasteiger partial charge in [-0.15, -0.1) is 0 Å². The van der Waals surface area contributed by atoms with Gasteiger partial charge >= 0.3 is 5.97 Å². The molecule has 0 spiro atoms. The summed E-state index contributed by atoms with van der Waals surface area (Å²) < 4.78 is 4.80. The molecule has 2 rings (SSSR count). The lowest BCUT2D eigenvalue weighted by atomic mass is 9.84. The van der Waals surface area contributed by atoms with E-state index in [0.717, 1.165) is 13.1 Å². The highest BCUT2D eigenvalue weighted by atomic mass is 16.5. The highest BCUT2D eigenvalue weighted by Crippen LogP contribution is 2.42. The number of hydrogen-bond acceptors (Lipinski definition) is 3. The lowest BCUT2D eigenvalue weighted by Crippen LogP contribution is -2.49. The lowest BCUT2D eigenvalue weighted by molar-refractivity contribution is -0.149. The summed E-state index contributed by atoms with van der Waals surface area (Å²) in [7, 11) is 1.49. The van der Waals surface area contributed by atoms with Crippen molar-refractivity contribution in [2.45, 2.75) is 12.8 Å². The van der Waals surface area contributed by atoms with Gasteiger partial charge in [0.25, 0.3) is 0 Å². The molecule has 1 aliphatic heterocycles. The van der Waals surface area contributed by atoms with Gasteiger partial charge in [-0.05, 0) is 24.7 Å². The Labute approximate surface area is 72.5 Å². The molecule has 3 nitrogen and oxygen atoms in total. The average molecular weight is 169 g/mol. The Morgan fingerprint density at radius 3 is 2.42 bits per heavy atom. The molecule has 1 heterocycles. The number of hydrogen-bond donors (Lipinski definition) is 1. The maximum absolute atomic E-state index is 11.4. The second-order valence-corrected chi connectivity index (χ2v) is 3.80. The van der Waals surface area contributed by atoms with Crippen LogP contribution in [0.3, 0.4) is 0 Å². The number of nitrogens with one attached hydrogen (secondary N) is 1. The largest absolute Gasteiger partial charge is 0.469 e. The van der Waals surface area contributed by atoms with Crippen molar-refractivity contribution in [3.8, 4) is 0 Å². The van der Waals surface area contributed by atoms with Crippen LogP contribution in [-0.4, -0.2) is 26.2 Å². The van der Waals surface area contributed by atoms with Gasteiger partial charge in [0.05, 0.1) is 13.0 Å². The van der Waals surface area contributed by atoms with Crippen LogP contribution < -0.4 is 5.32 Å². The maximum atomic E-state index is 11.4. The standard InChI is InChI=1S/C9H15NO2/c1-12-9(11)8(6-2-3-6)7-4-10-5-7/h6-8,10H,2-5H2,1H3. The molecule has 0 aromatic heterocycles. The van der Waals surface area contributed by atoms with E-state index in [1.54, 1.807) is 0 Å². The quantitative estimate of drug-likeness (QED) is 0.622. The molecule has 68 valence electrons. The van der Waals surface area contributed by atoms with Gasteiger partial charge in [0, 0.05) is 13.1 Å². The van der Waals surface area contributed by atoms with Crippen molar-refractivity contribution in [2.75, 3.05) is 20.2 Å². The molecule has 1 aliphatic carbocycles. The fourth-order valence-corrected chi connectivity index (χ4v) is 1.93. The second kappa shape index (κ2) is 3.05. The minimum atomic E-state index is 0.00370. The fraction of sp³-hybridized carbons (Fsp3) is 0.889. The summed E-state index contributed by atoms with van der Waals surface area (Å²) in [5.74, 6) is 1.37. The molecule has 0 radical (unpaired) electrons. The first-order chi connectivity index (χ1) is 5.83. The van der Waals surface area contributed by atoms with Crippen LogP contribution in [-0.2, 0) is 9.53 Å². The minimum Gasteiger partial charge on any atom is -0.469 e. The Balaban J connectivity index is 1.95. The molecule has 1 saturated carbocycles.